The van der Waals surface area contributed by atoms with E-state index in [0.717, 1.165) is 16.7 Å². The molecule has 1 aliphatic heterocycles. The minimum atomic E-state index is -0.616. The Bertz CT molecular complexity index is 1370. The highest BCUT2D eigenvalue weighted by atomic mass is 35.5. The highest BCUT2D eigenvalue weighted by Crippen LogP contribution is 2.41. The van der Waals surface area contributed by atoms with Crippen LogP contribution in [0, 0.1) is 13.8 Å². The number of fused-ring (bicyclic) bond motifs is 2. The molecule has 4 aromatic rings. The lowest BCUT2D eigenvalue weighted by Crippen LogP contribution is -2.29. The van der Waals surface area contributed by atoms with Gasteiger partial charge in [0.25, 0.3) is 5.91 Å². The van der Waals surface area contributed by atoms with Crippen LogP contribution in [0.2, 0.25) is 5.02 Å². The van der Waals surface area contributed by atoms with Gasteiger partial charge in [-0.15, -0.1) is 0 Å². The molecular formula is C25H18ClNO3. The van der Waals surface area contributed by atoms with Gasteiger partial charge in [-0.3, -0.25) is 14.5 Å². The van der Waals surface area contributed by atoms with Crippen LogP contribution in [0.3, 0.4) is 0 Å². The van der Waals surface area contributed by atoms with Crippen LogP contribution in [-0.2, 0) is 0 Å². The third-order valence-electron chi connectivity index (χ3n) is 5.50. The maximum absolute atomic E-state index is 13.5. The number of benzene rings is 3. The van der Waals surface area contributed by atoms with E-state index in [4.69, 9.17) is 16.0 Å². The molecule has 0 aliphatic carbocycles. The van der Waals surface area contributed by atoms with Gasteiger partial charge in [0.15, 0.2) is 5.43 Å². The Hall–Kier alpha value is -3.37. The van der Waals surface area contributed by atoms with Crippen molar-refractivity contribution >= 4 is 34.2 Å². The van der Waals surface area contributed by atoms with Crippen LogP contribution in [0.15, 0.2) is 75.9 Å². The second-order valence-electron chi connectivity index (χ2n) is 7.64. The van der Waals surface area contributed by atoms with E-state index < -0.39 is 6.04 Å². The van der Waals surface area contributed by atoms with Crippen LogP contribution in [-0.4, -0.2) is 5.91 Å². The van der Waals surface area contributed by atoms with Gasteiger partial charge in [0.2, 0.25) is 5.76 Å². The van der Waals surface area contributed by atoms with Crippen LogP contribution in [0.1, 0.15) is 38.9 Å². The molecule has 0 radical (unpaired) electrons. The monoisotopic (exact) mass is 415 g/mol. The summed E-state index contributed by atoms with van der Waals surface area (Å²) in [6.45, 7) is 3.91. The van der Waals surface area contributed by atoms with Gasteiger partial charge in [0.05, 0.1) is 17.0 Å². The van der Waals surface area contributed by atoms with Gasteiger partial charge >= 0.3 is 0 Å². The first-order chi connectivity index (χ1) is 14.4. The summed E-state index contributed by atoms with van der Waals surface area (Å²) in [5, 5.41) is 1.01. The fourth-order valence-electron chi connectivity index (χ4n) is 4.05. The first-order valence-electron chi connectivity index (χ1n) is 9.67. The number of hydrogen-bond acceptors (Lipinski definition) is 3. The first kappa shape index (κ1) is 18.6. The van der Waals surface area contributed by atoms with Gasteiger partial charge in [-0.05, 0) is 55.8 Å². The Morgan fingerprint density at radius 1 is 0.900 bits per heavy atom. The molecule has 0 saturated carbocycles. The second kappa shape index (κ2) is 6.85. The Morgan fingerprint density at radius 2 is 1.63 bits per heavy atom. The quantitative estimate of drug-likeness (QED) is 0.415. The van der Waals surface area contributed by atoms with Crippen LogP contribution in [0.25, 0.3) is 11.0 Å². The van der Waals surface area contributed by atoms with E-state index in [9.17, 15) is 9.59 Å². The van der Waals surface area contributed by atoms with Crippen molar-refractivity contribution in [3.8, 4) is 0 Å². The van der Waals surface area contributed by atoms with E-state index in [0.29, 0.717) is 27.2 Å². The molecule has 1 atom stereocenters. The topological polar surface area (TPSA) is 50.5 Å². The maximum Gasteiger partial charge on any atom is 0.295 e. The van der Waals surface area contributed by atoms with E-state index in [-0.39, 0.29) is 17.1 Å². The highest BCUT2D eigenvalue weighted by molar-refractivity contribution is 6.30. The smallest absolute Gasteiger partial charge is 0.295 e. The van der Waals surface area contributed by atoms with Crippen molar-refractivity contribution in [1.82, 2.24) is 0 Å². The standard InChI is InChI=1S/C25H18ClNO3/c1-14-6-9-18(10-7-14)27-22(16-4-3-5-17(26)13-16)21-23(28)19-12-15(2)8-11-20(19)30-24(21)25(27)29/h3-13,22H,1-2H3. The minimum absolute atomic E-state index is 0.0851. The predicted molar refractivity (Wildman–Crippen MR) is 119 cm³/mol. The molecule has 0 fully saturated rings. The molecule has 4 nitrogen and oxygen atoms in total. The number of amides is 1. The fourth-order valence-corrected chi connectivity index (χ4v) is 4.25. The number of hydrogen-bond donors (Lipinski definition) is 0. The van der Waals surface area contributed by atoms with Gasteiger partial charge in [0, 0.05) is 10.7 Å². The average Bonchev–Trinajstić information content (AvgIpc) is 3.02. The van der Waals surface area contributed by atoms with E-state index in [2.05, 4.69) is 0 Å². The van der Waals surface area contributed by atoms with Crippen molar-refractivity contribution in [1.29, 1.82) is 0 Å². The lowest BCUT2D eigenvalue weighted by molar-refractivity contribution is 0.0971. The number of carbonyl (C=O) groups excluding carboxylic acids is 1. The summed E-state index contributed by atoms with van der Waals surface area (Å²) >= 11 is 6.25. The lowest BCUT2D eigenvalue weighted by atomic mass is 9.98. The van der Waals surface area contributed by atoms with Crippen LogP contribution in [0.4, 0.5) is 5.69 Å². The molecule has 1 amide bonds. The van der Waals surface area contributed by atoms with E-state index in [1.807, 2.05) is 56.3 Å². The van der Waals surface area contributed by atoms with Crippen molar-refractivity contribution in [3.63, 3.8) is 0 Å². The molecule has 5 rings (SSSR count). The molecule has 0 bridgehead atoms. The highest BCUT2D eigenvalue weighted by Gasteiger charge is 2.43. The van der Waals surface area contributed by atoms with Gasteiger partial charge in [-0.1, -0.05) is 53.1 Å². The molecule has 5 heteroatoms. The average molecular weight is 416 g/mol. The number of rotatable bonds is 2. The predicted octanol–water partition coefficient (Wildman–Crippen LogP) is 5.81. The molecule has 2 heterocycles. The summed E-state index contributed by atoms with van der Waals surface area (Å²) in [5.41, 5.74) is 4.06. The van der Waals surface area contributed by atoms with E-state index >= 15 is 0 Å². The fraction of sp³-hybridized carbons (Fsp3) is 0.120. The van der Waals surface area contributed by atoms with Crippen molar-refractivity contribution in [2.45, 2.75) is 19.9 Å². The van der Waals surface area contributed by atoms with Gasteiger partial charge in [-0.2, -0.15) is 0 Å². The molecule has 1 unspecified atom stereocenters. The van der Waals surface area contributed by atoms with E-state index in [1.165, 1.54) is 0 Å². The van der Waals surface area contributed by atoms with Crippen molar-refractivity contribution in [2.24, 2.45) is 0 Å². The molecule has 1 aliphatic rings. The van der Waals surface area contributed by atoms with Gasteiger partial charge in [0.1, 0.15) is 5.58 Å². The Labute approximate surface area is 178 Å². The van der Waals surface area contributed by atoms with Crippen molar-refractivity contribution in [2.75, 3.05) is 4.90 Å². The SMILES string of the molecule is Cc1ccc(N2C(=O)c3oc4ccc(C)cc4c(=O)c3C2c2cccc(Cl)c2)cc1. The number of anilines is 1. The normalized spacial score (nSPS) is 15.6. The van der Waals surface area contributed by atoms with Gasteiger partial charge in [-0.25, -0.2) is 0 Å². The van der Waals surface area contributed by atoms with E-state index in [1.54, 1.807) is 29.2 Å². The summed E-state index contributed by atoms with van der Waals surface area (Å²) in [6.07, 6.45) is 0. The molecule has 1 aromatic heterocycles. The zero-order valence-corrected chi connectivity index (χ0v) is 17.2. The molecule has 0 N–H and O–H groups in total. The Balaban J connectivity index is 1.83. The van der Waals surface area contributed by atoms with Crippen molar-refractivity contribution < 1.29 is 9.21 Å². The molecule has 30 heavy (non-hydrogen) atoms. The third-order valence-corrected chi connectivity index (χ3v) is 5.74. The molecule has 148 valence electrons. The first-order valence-corrected chi connectivity index (χ1v) is 10.0. The van der Waals surface area contributed by atoms with Crippen molar-refractivity contribution in [3.05, 3.63) is 110 Å². The molecule has 0 spiro atoms. The molecular weight excluding hydrogens is 398 g/mol. The zero-order valence-electron chi connectivity index (χ0n) is 16.5. The number of aryl methyl sites for hydroxylation is 2. The summed E-state index contributed by atoms with van der Waals surface area (Å²) in [5.74, 6) is -0.250. The number of carbonyl (C=O) groups is 1. The van der Waals surface area contributed by atoms with Crippen LogP contribution in [0.5, 0.6) is 0 Å². The summed E-state index contributed by atoms with van der Waals surface area (Å²) < 4.78 is 5.99. The summed E-state index contributed by atoms with van der Waals surface area (Å²) in [4.78, 5) is 28.6. The lowest BCUT2D eigenvalue weighted by Gasteiger charge is -2.25. The number of nitrogens with zero attached hydrogens (tertiary/aromatic N) is 1. The Morgan fingerprint density at radius 3 is 2.37 bits per heavy atom. The molecule has 0 saturated heterocycles. The minimum Gasteiger partial charge on any atom is -0.450 e. The molecule has 3 aromatic carbocycles. The van der Waals surface area contributed by atoms with Crippen LogP contribution >= 0.6 is 11.6 Å². The number of halogens is 1. The largest absolute Gasteiger partial charge is 0.450 e. The third kappa shape index (κ3) is 2.84. The summed E-state index contributed by atoms with van der Waals surface area (Å²) in [6, 6.07) is 19.7. The zero-order chi connectivity index (χ0) is 21.0. The second-order valence-corrected chi connectivity index (χ2v) is 8.08. The Kier molecular flexibility index (Phi) is 4.26. The summed E-state index contributed by atoms with van der Waals surface area (Å²) in [7, 11) is 0. The van der Waals surface area contributed by atoms with Crippen LogP contribution < -0.4 is 10.3 Å². The van der Waals surface area contributed by atoms with Gasteiger partial charge < -0.3 is 4.42 Å². The maximum atomic E-state index is 13.5.